The van der Waals surface area contributed by atoms with Crippen LogP contribution in [0, 0.1) is 16.0 Å². The van der Waals surface area contributed by atoms with Crippen LogP contribution in [0.2, 0.25) is 5.02 Å². The van der Waals surface area contributed by atoms with Gasteiger partial charge in [-0.15, -0.1) is 23.4 Å². The van der Waals surface area contributed by atoms with E-state index < -0.39 is 0 Å². The Bertz CT molecular complexity index is 1180. The minimum Gasteiger partial charge on any atom is -0.378 e. The van der Waals surface area contributed by atoms with Crippen LogP contribution in [0.1, 0.15) is 29.5 Å². The Kier molecular flexibility index (Phi) is 6.14. The fourth-order valence-electron chi connectivity index (χ4n) is 4.96. The summed E-state index contributed by atoms with van der Waals surface area (Å²) in [6.07, 6.45) is 0.849. The number of para-hydroxylation sites is 1. The SMILES string of the molecule is O=[N+]([O-])c1ccccc1S[C@@H]1C[C@H]2[C@H](c3cc(Br)ccc3N[C@H]2c2ccc(Cl)cc2)[C@H]1Cl. The first kappa shape index (κ1) is 22.1. The van der Waals surface area contributed by atoms with Gasteiger partial charge in [0.15, 0.2) is 0 Å². The van der Waals surface area contributed by atoms with Crippen molar-refractivity contribution in [3.8, 4) is 0 Å². The smallest absolute Gasteiger partial charge is 0.282 e. The van der Waals surface area contributed by atoms with Crippen molar-refractivity contribution in [2.45, 2.75) is 33.9 Å². The lowest BCUT2D eigenvalue weighted by Crippen LogP contribution is -2.31. The van der Waals surface area contributed by atoms with Crippen LogP contribution in [0.4, 0.5) is 11.4 Å². The molecule has 0 bridgehead atoms. The largest absolute Gasteiger partial charge is 0.378 e. The van der Waals surface area contributed by atoms with E-state index in [-0.39, 0.29) is 39.1 Å². The van der Waals surface area contributed by atoms with Gasteiger partial charge < -0.3 is 5.32 Å². The summed E-state index contributed by atoms with van der Waals surface area (Å²) in [5.41, 5.74) is 3.57. The van der Waals surface area contributed by atoms with Gasteiger partial charge in [-0.05, 0) is 59.9 Å². The normalized spacial score (nSPS) is 26.2. The minimum atomic E-state index is -0.321. The van der Waals surface area contributed by atoms with E-state index >= 15 is 0 Å². The van der Waals surface area contributed by atoms with E-state index in [1.807, 2.05) is 30.3 Å². The number of nitro benzene ring substituents is 1. The molecule has 0 spiro atoms. The maximum absolute atomic E-state index is 11.5. The molecule has 0 aromatic heterocycles. The van der Waals surface area contributed by atoms with E-state index in [0.29, 0.717) is 9.92 Å². The average Bonchev–Trinajstić information content (AvgIpc) is 3.10. The molecule has 0 saturated heterocycles. The number of anilines is 1. The van der Waals surface area contributed by atoms with Gasteiger partial charge in [-0.25, -0.2) is 0 Å². The Labute approximate surface area is 209 Å². The number of benzene rings is 3. The molecule has 1 fully saturated rings. The fraction of sp³-hybridized carbons (Fsp3) is 0.250. The van der Waals surface area contributed by atoms with Gasteiger partial charge in [-0.2, -0.15) is 0 Å². The van der Waals surface area contributed by atoms with Gasteiger partial charge in [0.25, 0.3) is 5.69 Å². The second-order valence-corrected chi connectivity index (χ2v) is 11.3. The summed E-state index contributed by atoms with van der Waals surface area (Å²) >= 11 is 18.4. The van der Waals surface area contributed by atoms with Crippen molar-refractivity contribution >= 4 is 62.3 Å². The van der Waals surface area contributed by atoms with Crippen LogP contribution in [0.3, 0.4) is 0 Å². The zero-order chi connectivity index (χ0) is 22.4. The number of halogens is 3. The van der Waals surface area contributed by atoms with Crippen molar-refractivity contribution in [1.82, 2.24) is 0 Å². The molecule has 5 rings (SSSR count). The molecule has 3 aromatic rings. The van der Waals surface area contributed by atoms with Crippen molar-refractivity contribution in [3.63, 3.8) is 0 Å². The molecule has 32 heavy (non-hydrogen) atoms. The molecule has 1 N–H and O–H groups in total. The molecule has 0 amide bonds. The van der Waals surface area contributed by atoms with Gasteiger partial charge in [0.05, 0.1) is 21.2 Å². The van der Waals surface area contributed by atoms with Crippen molar-refractivity contribution < 1.29 is 4.92 Å². The van der Waals surface area contributed by atoms with Crippen LogP contribution in [0.25, 0.3) is 0 Å². The molecule has 8 heteroatoms. The van der Waals surface area contributed by atoms with Crippen LogP contribution in [-0.2, 0) is 0 Å². The molecule has 0 radical (unpaired) electrons. The van der Waals surface area contributed by atoms with Crippen LogP contribution in [-0.4, -0.2) is 15.6 Å². The first-order valence-corrected chi connectivity index (χ1v) is 12.8. The topological polar surface area (TPSA) is 55.2 Å². The van der Waals surface area contributed by atoms with E-state index in [9.17, 15) is 10.1 Å². The minimum absolute atomic E-state index is 0.0503. The number of nitrogens with zero attached hydrogens (tertiary/aromatic N) is 1. The number of fused-ring (bicyclic) bond motifs is 3. The summed E-state index contributed by atoms with van der Waals surface area (Å²) in [5, 5.41) is 15.9. The maximum atomic E-state index is 11.5. The third-order valence-electron chi connectivity index (χ3n) is 6.35. The fourth-order valence-corrected chi connectivity index (χ4v) is 7.41. The molecule has 1 heterocycles. The van der Waals surface area contributed by atoms with Crippen LogP contribution >= 0.6 is 50.9 Å². The molecule has 0 unspecified atom stereocenters. The second-order valence-electron chi connectivity index (χ2n) is 8.16. The highest BCUT2D eigenvalue weighted by molar-refractivity contribution is 9.10. The number of hydrogen-bond donors (Lipinski definition) is 1. The lowest BCUT2D eigenvalue weighted by atomic mass is 9.77. The molecule has 5 atom stereocenters. The van der Waals surface area contributed by atoms with Crippen LogP contribution < -0.4 is 5.32 Å². The number of thioether (sulfide) groups is 1. The molecule has 2 aliphatic rings. The van der Waals surface area contributed by atoms with Crippen LogP contribution in [0.5, 0.6) is 0 Å². The zero-order valence-corrected chi connectivity index (χ0v) is 20.7. The molecule has 1 saturated carbocycles. The first-order chi connectivity index (χ1) is 15.4. The summed E-state index contributed by atoms with van der Waals surface area (Å²) in [6.45, 7) is 0. The van der Waals surface area contributed by atoms with E-state index in [0.717, 1.165) is 22.1 Å². The van der Waals surface area contributed by atoms with E-state index in [2.05, 4.69) is 45.5 Å². The quantitative estimate of drug-likeness (QED) is 0.203. The Balaban J connectivity index is 1.53. The van der Waals surface area contributed by atoms with Gasteiger partial charge in [0, 0.05) is 32.4 Å². The van der Waals surface area contributed by atoms with Gasteiger partial charge in [0.1, 0.15) is 0 Å². The standard InChI is InChI=1S/C24H19BrCl2N2O2S/c25-14-7-10-18-16(11-14)22-17(24(28-18)13-5-8-15(26)9-6-13)12-21(23(22)27)32-20-4-2-1-3-19(20)29(30)31/h1-11,17,21-24,28H,12H2/t17-,21+,22-,23-,24-/m0/s1. The molecule has 4 nitrogen and oxygen atoms in total. The average molecular weight is 550 g/mol. The zero-order valence-electron chi connectivity index (χ0n) is 16.8. The lowest BCUT2D eigenvalue weighted by Gasteiger charge is -2.38. The van der Waals surface area contributed by atoms with Gasteiger partial charge in [0.2, 0.25) is 0 Å². The lowest BCUT2D eigenvalue weighted by molar-refractivity contribution is -0.387. The predicted molar refractivity (Wildman–Crippen MR) is 135 cm³/mol. The van der Waals surface area contributed by atoms with E-state index in [4.69, 9.17) is 23.2 Å². The number of nitro groups is 1. The highest BCUT2D eigenvalue weighted by Gasteiger charge is 2.50. The summed E-state index contributed by atoms with van der Waals surface area (Å²) in [5.74, 6) is 0.382. The second kappa shape index (κ2) is 8.90. The van der Waals surface area contributed by atoms with Crippen molar-refractivity contribution in [1.29, 1.82) is 0 Å². The summed E-state index contributed by atoms with van der Waals surface area (Å²) in [7, 11) is 0. The van der Waals surface area contributed by atoms with Crippen molar-refractivity contribution in [3.05, 3.63) is 97.5 Å². The summed E-state index contributed by atoms with van der Waals surface area (Å²) in [6, 6.07) is 21.2. The highest BCUT2D eigenvalue weighted by Crippen LogP contribution is 2.58. The first-order valence-electron chi connectivity index (χ1n) is 10.3. The molecule has 1 aliphatic heterocycles. The van der Waals surface area contributed by atoms with Gasteiger partial charge >= 0.3 is 0 Å². The molecule has 3 aromatic carbocycles. The van der Waals surface area contributed by atoms with Crippen molar-refractivity contribution in [2.75, 3.05) is 5.32 Å². The number of rotatable bonds is 4. The Morgan fingerprint density at radius 2 is 1.84 bits per heavy atom. The third-order valence-corrected chi connectivity index (χ3v) is 9.20. The molecular weight excluding hydrogens is 531 g/mol. The Morgan fingerprint density at radius 3 is 2.59 bits per heavy atom. The monoisotopic (exact) mass is 548 g/mol. The Morgan fingerprint density at radius 1 is 1.09 bits per heavy atom. The van der Waals surface area contributed by atoms with E-state index in [1.165, 1.54) is 17.3 Å². The maximum Gasteiger partial charge on any atom is 0.282 e. The van der Waals surface area contributed by atoms with Crippen molar-refractivity contribution in [2.24, 2.45) is 5.92 Å². The number of alkyl halides is 1. The summed E-state index contributed by atoms with van der Waals surface area (Å²) in [4.78, 5) is 11.9. The predicted octanol–water partition coefficient (Wildman–Crippen LogP) is 8.05. The molecular formula is C24H19BrCl2N2O2S. The van der Waals surface area contributed by atoms with Gasteiger partial charge in [-0.1, -0.05) is 51.8 Å². The van der Waals surface area contributed by atoms with E-state index in [1.54, 1.807) is 12.1 Å². The third kappa shape index (κ3) is 4.03. The van der Waals surface area contributed by atoms with Gasteiger partial charge in [-0.3, -0.25) is 10.1 Å². The molecule has 1 aliphatic carbocycles. The Hall–Kier alpha value is -1.73. The summed E-state index contributed by atoms with van der Waals surface area (Å²) < 4.78 is 1.01. The number of nitrogens with one attached hydrogen (secondary N) is 1. The van der Waals surface area contributed by atoms with Crippen LogP contribution in [0.15, 0.2) is 76.1 Å². The molecule has 164 valence electrons. The number of hydrogen-bond acceptors (Lipinski definition) is 4. The highest BCUT2D eigenvalue weighted by atomic mass is 79.9.